The second kappa shape index (κ2) is 3.97. The Kier molecular flexibility index (Phi) is 2.66. The minimum Gasteiger partial charge on any atom is -0.0808 e. The predicted molar refractivity (Wildman–Crippen MR) is 64.1 cm³/mol. The first-order valence-electron chi connectivity index (χ1n) is 6.42. The first-order chi connectivity index (χ1) is 6.95. The molecule has 0 aromatic carbocycles. The van der Waals surface area contributed by atoms with Gasteiger partial charge < -0.3 is 0 Å². The molecule has 0 saturated carbocycles. The Bertz CT molecular complexity index is 230. The molecule has 78 valence electrons. The molecule has 2 atom stereocenters. The van der Waals surface area contributed by atoms with Gasteiger partial charge in [0.15, 0.2) is 0 Å². The van der Waals surface area contributed by atoms with Crippen molar-refractivity contribution in [2.45, 2.75) is 69.1 Å². The van der Waals surface area contributed by atoms with Crippen LogP contribution >= 0.6 is 7.92 Å². The Balaban J connectivity index is 1.82. The molecule has 2 saturated heterocycles. The van der Waals surface area contributed by atoms with E-state index in [2.05, 4.69) is 6.08 Å². The van der Waals surface area contributed by atoms with Crippen LogP contribution in [0.3, 0.4) is 0 Å². The number of hydrogen-bond acceptors (Lipinski definition) is 0. The molecule has 0 N–H and O–H groups in total. The molecule has 1 aliphatic carbocycles. The molecule has 2 bridgehead atoms. The van der Waals surface area contributed by atoms with Crippen LogP contribution < -0.4 is 0 Å². The highest BCUT2D eigenvalue weighted by Crippen LogP contribution is 2.66. The van der Waals surface area contributed by atoms with Gasteiger partial charge in [0.25, 0.3) is 0 Å². The van der Waals surface area contributed by atoms with E-state index in [0.717, 1.165) is 11.3 Å². The van der Waals surface area contributed by atoms with Crippen LogP contribution in [0.5, 0.6) is 0 Å². The zero-order valence-corrected chi connectivity index (χ0v) is 9.94. The van der Waals surface area contributed by atoms with E-state index in [1.807, 2.05) is 5.31 Å². The lowest BCUT2D eigenvalue weighted by Gasteiger charge is -2.24. The summed E-state index contributed by atoms with van der Waals surface area (Å²) in [5, 5.41) is 1.94. The molecular weight excluding hydrogens is 187 g/mol. The molecule has 2 heterocycles. The van der Waals surface area contributed by atoms with E-state index in [0.29, 0.717) is 7.92 Å². The van der Waals surface area contributed by atoms with Crippen molar-refractivity contribution in [3.63, 3.8) is 0 Å². The summed E-state index contributed by atoms with van der Waals surface area (Å²) in [7, 11) is 0.350. The molecule has 0 spiro atoms. The van der Waals surface area contributed by atoms with Crippen molar-refractivity contribution in [2.75, 3.05) is 0 Å². The van der Waals surface area contributed by atoms with E-state index < -0.39 is 0 Å². The maximum Gasteiger partial charge on any atom is -0.0169 e. The summed E-state index contributed by atoms with van der Waals surface area (Å²) in [5.74, 6) is 0. The van der Waals surface area contributed by atoms with Gasteiger partial charge in [0.2, 0.25) is 0 Å². The molecule has 0 aromatic heterocycles. The molecule has 2 fully saturated rings. The molecule has 1 heteroatoms. The lowest BCUT2D eigenvalue weighted by atomic mass is 10.0. The van der Waals surface area contributed by atoms with Crippen molar-refractivity contribution in [1.82, 2.24) is 0 Å². The summed E-state index contributed by atoms with van der Waals surface area (Å²) >= 11 is 0. The smallest absolute Gasteiger partial charge is 0.0169 e. The monoisotopic (exact) mass is 208 g/mol. The lowest BCUT2D eigenvalue weighted by molar-refractivity contribution is 0.556. The van der Waals surface area contributed by atoms with Crippen LogP contribution in [0.25, 0.3) is 0 Å². The van der Waals surface area contributed by atoms with Crippen LogP contribution in [0, 0.1) is 0 Å². The summed E-state index contributed by atoms with van der Waals surface area (Å²) in [4.78, 5) is 0. The van der Waals surface area contributed by atoms with E-state index in [9.17, 15) is 0 Å². The standard InChI is InChI=1S/C13H21P/c1-2-6-11(5-1)14-12-7-3-4-8-13(14)10-9-12/h5,12-13H,1-4,6-10H2. The molecule has 0 nitrogen and oxygen atoms in total. The number of allylic oxidation sites excluding steroid dienone is 2. The summed E-state index contributed by atoms with van der Waals surface area (Å²) in [5.41, 5.74) is 2.31. The van der Waals surface area contributed by atoms with Crippen LogP contribution in [0.2, 0.25) is 0 Å². The fraction of sp³-hybridized carbons (Fsp3) is 0.846. The molecule has 14 heavy (non-hydrogen) atoms. The SMILES string of the molecule is C1=C(P2C3CCCCC2CC3)CCC1. The van der Waals surface area contributed by atoms with Gasteiger partial charge in [0, 0.05) is 0 Å². The van der Waals surface area contributed by atoms with Gasteiger partial charge in [0.1, 0.15) is 0 Å². The van der Waals surface area contributed by atoms with Crippen LogP contribution in [0.15, 0.2) is 11.4 Å². The van der Waals surface area contributed by atoms with Crippen LogP contribution in [0.1, 0.15) is 57.8 Å². The molecule has 2 aliphatic heterocycles. The van der Waals surface area contributed by atoms with Crippen molar-refractivity contribution in [3.8, 4) is 0 Å². The van der Waals surface area contributed by atoms with Gasteiger partial charge in [-0.05, 0) is 61.6 Å². The highest BCUT2D eigenvalue weighted by Gasteiger charge is 2.38. The zero-order chi connectivity index (χ0) is 9.38. The van der Waals surface area contributed by atoms with E-state index in [1.54, 1.807) is 25.7 Å². The summed E-state index contributed by atoms with van der Waals surface area (Å²) in [6.45, 7) is 0. The van der Waals surface area contributed by atoms with Crippen LogP contribution in [-0.2, 0) is 0 Å². The average Bonchev–Trinajstić information content (AvgIpc) is 2.72. The van der Waals surface area contributed by atoms with Crippen molar-refractivity contribution in [3.05, 3.63) is 11.4 Å². The summed E-state index contributed by atoms with van der Waals surface area (Å²) < 4.78 is 0. The molecule has 0 amide bonds. The average molecular weight is 208 g/mol. The highest BCUT2D eigenvalue weighted by atomic mass is 31.1. The van der Waals surface area contributed by atoms with Gasteiger partial charge in [-0.15, -0.1) is 0 Å². The van der Waals surface area contributed by atoms with Crippen molar-refractivity contribution >= 4 is 7.92 Å². The zero-order valence-electron chi connectivity index (χ0n) is 9.04. The Morgan fingerprint density at radius 1 is 0.929 bits per heavy atom. The largest absolute Gasteiger partial charge is 0.0808 e. The molecule has 0 radical (unpaired) electrons. The van der Waals surface area contributed by atoms with Crippen molar-refractivity contribution < 1.29 is 0 Å². The molecule has 3 aliphatic rings. The Morgan fingerprint density at radius 2 is 1.64 bits per heavy atom. The van der Waals surface area contributed by atoms with E-state index >= 15 is 0 Å². The Hall–Kier alpha value is 0.170. The maximum absolute atomic E-state index is 2.61. The minimum absolute atomic E-state index is 0.350. The fourth-order valence-electron chi connectivity index (χ4n) is 3.65. The third-order valence-electron chi connectivity index (χ3n) is 4.29. The molecular formula is C13H21P. The topological polar surface area (TPSA) is 0 Å². The fourth-order valence-corrected chi connectivity index (χ4v) is 7.71. The van der Waals surface area contributed by atoms with Crippen LogP contribution in [0.4, 0.5) is 0 Å². The summed E-state index contributed by atoms with van der Waals surface area (Å²) in [6.07, 6.45) is 16.3. The number of hydrogen-bond donors (Lipinski definition) is 0. The second-order valence-electron chi connectivity index (χ2n) is 5.16. The van der Waals surface area contributed by atoms with Gasteiger partial charge in [-0.3, -0.25) is 0 Å². The van der Waals surface area contributed by atoms with Crippen molar-refractivity contribution in [2.24, 2.45) is 0 Å². The normalized spacial score (nSPS) is 42.3. The van der Waals surface area contributed by atoms with E-state index in [1.165, 1.54) is 32.1 Å². The van der Waals surface area contributed by atoms with Gasteiger partial charge in [-0.25, -0.2) is 0 Å². The minimum atomic E-state index is 0.350. The number of fused-ring (bicyclic) bond motifs is 2. The van der Waals surface area contributed by atoms with Gasteiger partial charge in [0.05, 0.1) is 0 Å². The predicted octanol–water partition coefficient (Wildman–Crippen LogP) is 4.64. The third-order valence-corrected chi connectivity index (χ3v) is 7.97. The summed E-state index contributed by atoms with van der Waals surface area (Å²) in [6, 6.07) is 0. The van der Waals surface area contributed by atoms with Gasteiger partial charge in [-0.1, -0.05) is 26.8 Å². The second-order valence-corrected chi connectivity index (χ2v) is 8.01. The maximum atomic E-state index is 2.61. The number of rotatable bonds is 1. The Labute approximate surface area is 88.9 Å². The van der Waals surface area contributed by atoms with Crippen molar-refractivity contribution in [1.29, 1.82) is 0 Å². The molecule has 3 rings (SSSR count). The van der Waals surface area contributed by atoms with Crippen LogP contribution in [-0.4, -0.2) is 11.3 Å². The highest BCUT2D eigenvalue weighted by molar-refractivity contribution is 7.63. The third kappa shape index (κ3) is 1.56. The molecule has 2 unspecified atom stereocenters. The van der Waals surface area contributed by atoms with Gasteiger partial charge in [-0.2, -0.15) is 0 Å². The Morgan fingerprint density at radius 3 is 2.21 bits per heavy atom. The van der Waals surface area contributed by atoms with E-state index in [-0.39, 0.29) is 0 Å². The molecule has 0 aromatic rings. The van der Waals surface area contributed by atoms with Gasteiger partial charge >= 0.3 is 0 Å². The first-order valence-corrected chi connectivity index (χ1v) is 7.90. The quantitative estimate of drug-likeness (QED) is 0.551. The lowest BCUT2D eigenvalue weighted by Crippen LogP contribution is -2.01. The van der Waals surface area contributed by atoms with E-state index in [4.69, 9.17) is 0 Å². The first kappa shape index (κ1) is 9.40.